The molecule has 0 fully saturated rings. The van der Waals surface area contributed by atoms with Crippen molar-refractivity contribution in [3.8, 4) is 5.75 Å². The minimum absolute atomic E-state index is 0.103. The second-order valence-corrected chi connectivity index (χ2v) is 5.89. The van der Waals surface area contributed by atoms with Gasteiger partial charge in [0.1, 0.15) is 5.75 Å². The number of nitrogens with two attached hydrogens (primary N) is 1. The second-order valence-electron chi connectivity index (χ2n) is 4.54. The number of hydrogen-bond donors (Lipinski definition) is 1. The zero-order chi connectivity index (χ0) is 12.9. The fourth-order valence-electron chi connectivity index (χ4n) is 1.30. The molecule has 0 aromatic carbocycles. The van der Waals surface area contributed by atoms with Crippen molar-refractivity contribution in [3.63, 3.8) is 0 Å². The van der Waals surface area contributed by atoms with Gasteiger partial charge >= 0.3 is 0 Å². The lowest BCUT2D eigenvalue weighted by Crippen LogP contribution is -2.30. The quantitative estimate of drug-likeness (QED) is 0.646. The van der Waals surface area contributed by atoms with Gasteiger partial charge in [0.2, 0.25) is 0 Å². The molecule has 0 atom stereocenters. The summed E-state index contributed by atoms with van der Waals surface area (Å²) in [6.45, 7) is 4.75. The second kappa shape index (κ2) is 6.31. The zero-order valence-corrected chi connectivity index (χ0v) is 12.5. The molecule has 0 bridgehead atoms. The van der Waals surface area contributed by atoms with Crippen LogP contribution in [-0.2, 0) is 0 Å². The third-order valence-corrected chi connectivity index (χ3v) is 3.55. The van der Waals surface area contributed by atoms with E-state index in [1.54, 1.807) is 12.4 Å². The van der Waals surface area contributed by atoms with Gasteiger partial charge in [0.15, 0.2) is 0 Å². The van der Waals surface area contributed by atoms with Crippen LogP contribution in [0.25, 0.3) is 0 Å². The molecule has 1 aromatic rings. The number of thiocarbonyl (C=S) groups is 1. The van der Waals surface area contributed by atoms with Crippen LogP contribution in [0.4, 0.5) is 0 Å². The Balaban J connectivity index is 2.32. The van der Waals surface area contributed by atoms with Gasteiger partial charge in [0.05, 0.1) is 17.8 Å². The molecule has 0 aliphatic rings. The van der Waals surface area contributed by atoms with Crippen LogP contribution >= 0.6 is 28.1 Å². The van der Waals surface area contributed by atoms with Crippen molar-refractivity contribution in [1.82, 2.24) is 4.98 Å². The van der Waals surface area contributed by atoms with E-state index in [9.17, 15) is 0 Å². The van der Waals surface area contributed by atoms with E-state index in [1.807, 2.05) is 6.07 Å². The Morgan fingerprint density at radius 2 is 2.24 bits per heavy atom. The van der Waals surface area contributed by atoms with Crippen molar-refractivity contribution in [2.24, 2.45) is 11.1 Å². The van der Waals surface area contributed by atoms with Gasteiger partial charge in [-0.05, 0) is 34.8 Å². The topological polar surface area (TPSA) is 48.1 Å². The molecule has 0 aliphatic carbocycles. The van der Waals surface area contributed by atoms with E-state index in [-0.39, 0.29) is 5.41 Å². The zero-order valence-electron chi connectivity index (χ0n) is 10.1. The lowest BCUT2D eigenvalue weighted by molar-refractivity contribution is 0.287. The Kier molecular flexibility index (Phi) is 5.33. The first-order chi connectivity index (χ1) is 7.92. The molecule has 5 heteroatoms. The standard InChI is InChI=1S/C12H17BrN2OS/c1-12(2,11(14)17)4-3-5-16-10-6-9(13)7-15-8-10/h6-8H,3-5H2,1-2H3,(H2,14,17). The van der Waals surface area contributed by atoms with Crippen LogP contribution in [0, 0.1) is 5.41 Å². The van der Waals surface area contributed by atoms with Crippen molar-refractivity contribution in [1.29, 1.82) is 0 Å². The number of ether oxygens (including phenoxy) is 1. The number of rotatable bonds is 6. The first-order valence-corrected chi connectivity index (χ1v) is 6.65. The summed E-state index contributed by atoms with van der Waals surface area (Å²) in [7, 11) is 0. The third kappa shape index (κ3) is 5.00. The lowest BCUT2D eigenvalue weighted by Gasteiger charge is -2.22. The Bertz CT molecular complexity index is 396. The van der Waals surface area contributed by atoms with Crippen LogP contribution in [0.15, 0.2) is 22.9 Å². The summed E-state index contributed by atoms with van der Waals surface area (Å²) in [6, 6.07) is 1.89. The summed E-state index contributed by atoms with van der Waals surface area (Å²) < 4.78 is 6.50. The maximum absolute atomic E-state index is 5.66. The molecular weight excluding hydrogens is 300 g/mol. The molecule has 2 N–H and O–H groups in total. The van der Waals surface area contributed by atoms with Gasteiger partial charge < -0.3 is 10.5 Å². The van der Waals surface area contributed by atoms with Gasteiger partial charge in [0.25, 0.3) is 0 Å². The first-order valence-electron chi connectivity index (χ1n) is 5.45. The molecule has 1 aromatic heterocycles. The van der Waals surface area contributed by atoms with Crippen LogP contribution in [-0.4, -0.2) is 16.6 Å². The normalized spacial score (nSPS) is 11.2. The van der Waals surface area contributed by atoms with Crippen molar-refractivity contribution < 1.29 is 4.74 Å². The molecule has 3 nitrogen and oxygen atoms in total. The fraction of sp³-hybridized carbons (Fsp3) is 0.500. The van der Waals surface area contributed by atoms with Crippen LogP contribution in [0.2, 0.25) is 0 Å². The van der Waals surface area contributed by atoms with E-state index in [1.165, 1.54) is 0 Å². The van der Waals surface area contributed by atoms with Gasteiger partial charge in [-0.25, -0.2) is 0 Å². The van der Waals surface area contributed by atoms with Crippen LogP contribution < -0.4 is 10.5 Å². The predicted molar refractivity (Wildman–Crippen MR) is 77.2 cm³/mol. The van der Waals surface area contributed by atoms with E-state index in [0.29, 0.717) is 11.6 Å². The molecule has 0 amide bonds. The minimum Gasteiger partial charge on any atom is -0.492 e. The molecule has 0 saturated heterocycles. The summed E-state index contributed by atoms with van der Waals surface area (Å²) in [5.74, 6) is 0.771. The molecule has 1 rings (SSSR count). The highest BCUT2D eigenvalue weighted by molar-refractivity contribution is 9.10. The molecule has 17 heavy (non-hydrogen) atoms. The predicted octanol–water partition coefficient (Wildman–Crippen LogP) is 3.32. The number of pyridine rings is 1. The van der Waals surface area contributed by atoms with Crippen molar-refractivity contribution in [2.45, 2.75) is 26.7 Å². The fourth-order valence-corrected chi connectivity index (χ4v) is 1.74. The number of hydrogen-bond acceptors (Lipinski definition) is 3. The van der Waals surface area contributed by atoms with Crippen LogP contribution in [0.1, 0.15) is 26.7 Å². The molecule has 0 spiro atoms. The Morgan fingerprint density at radius 1 is 1.53 bits per heavy atom. The Hall–Kier alpha value is -0.680. The Labute approximate surface area is 116 Å². The molecule has 1 heterocycles. The Morgan fingerprint density at radius 3 is 2.82 bits per heavy atom. The third-order valence-electron chi connectivity index (χ3n) is 2.56. The van der Waals surface area contributed by atoms with Crippen molar-refractivity contribution in [2.75, 3.05) is 6.61 Å². The average molecular weight is 317 g/mol. The summed E-state index contributed by atoms with van der Waals surface area (Å²) in [6.07, 6.45) is 5.26. The van der Waals surface area contributed by atoms with Crippen LogP contribution in [0.3, 0.4) is 0 Å². The smallest absolute Gasteiger partial charge is 0.138 e. The van der Waals surface area contributed by atoms with Crippen molar-refractivity contribution >= 4 is 33.1 Å². The maximum atomic E-state index is 5.66. The summed E-state index contributed by atoms with van der Waals surface area (Å²) in [5, 5.41) is 0. The van der Waals surface area contributed by atoms with E-state index in [2.05, 4.69) is 34.8 Å². The molecule has 0 aliphatic heterocycles. The molecular formula is C12H17BrN2OS. The monoisotopic (exact) mass is 316 g/mol. The largest absolute Gasteiger partial charge is 0.492 e. The summed E-state index contributed by atoms with van der Waals surface area (Å²) >= 11 is 8.36. The highest BCUT2D eigenvalue weighted by Crippen LogP contribution is 2.23. The maximum Gasteiger partial charge on any atom is 0.138 e. The van der Waals surface area contributed by atoms with Gasteiger partial charge in [-0.1, -0.05) is 26.1 Å². The summed E-state index contributed by atoms with van der Waals surface area (Å²) in [5.41, 5.74) is 5.55. The number of aromatic nitrogens is 1. The molecule has 0 unspecified atom stereocenters. The minimum atomic E-state index is -0.103. The average Bonchev–Trinajstić information content (AvgIpc) is 2.24. The van der Waals surface area contributed by atoms with Crippen LogP contribution in [0.5, 0.6) is 5.75 Å². The summed E-state index contributed by atoms with van der Waals surface area (Å²) in [4.78, 5) is 4.58. The van der Waals surface area contributed by atoms with E-state index < -0.39 is 0 Å². The van der Waals surface area contributed by atoms with Gasteiger partial charge in [-0.15, -0.1) is 0 Å². The van der Waals surface area contributed by atoms with E-state index >= 15 is 0 Å². The lowest BCUT2D eigenvalue weighted by atomic mass is 9.88. The van der Waals surface area contributed by atoms with Gasteiger partial charge in [0, 0.05) is 16.1 Å². The highest BCUT2D eigenvalue weighted by Gasteiger charge is 2.20. The van der Waals surface area contributed by atoms with E-state index in [0.717, 1.165) is 23.1 Å². The molecule has 0 radical (unpaired) electrons. The molecule has 0 saturated carbocycles. The van der Waals surface area contributed by atoms with Gasteiger partial charge in [-0.2, -0.15) is 0 Å². The number of halogens is 1. The number of nitrogens with zero attached hydrogens (tertiary/aromatic N) is 1. The first kappa shape index (κ1) is 14.4. The van der Waals surface area contributed by atoms with E-state index in [4.69, 9.17) is 22.7 Å². The van der Waals surface area contributed by atoms with Gasteiger partial charge in [-0.3, -0.25) is 4.98 Å². The highest BCUT2D eigenvalue weighted by atomic mass is 79.9. The van der Waals surface area contributed by atoms with Crippen molar-refractivity contribution in [3.05, 3.63) is 22.9 Å². The SMILES string of the molecule is CC(C)(CCCOc1cncc(Br)c1)C(N)=S. The molecule has 94 valence electrons.